The van der Waals surface area contributed by atoms with Gasteiger partial charge in [0.25, 0.3) is 5.91 Å². The largest absolute Gasteiger partial charge is 0.481 e. The zero-order valence-electron chi connectivity index (χ0n) is 6.60. The molecule has 0 saturated carbocycles. The molecular formula is C7H7N3O3. The van der Waals surface area contributed by atoms with Gasteiger partial charge in [-0.05, 0) is 6.07 Å². The van der Waals surface area contributed by atoms with E-state index in [9.17, 15) is 9.59 Å². The lowest BCUT2D eigenvalue weighted by Gasteiger charge is -1.97. The summed E-state index contributed by atoms with van der Waals surface area (Å²) in [5.74, 6) is -1.96. The lowest BCUT2D eigenvalue weighted by Crippen LogP contribution is -2.16. The second-order valence-corrected chi connectivity index (χ2v) is 2.31. The molecule has 1 aromatic heterocycles. The first-order chi connectivity index (χ1) is 6.09. The van der Waals surface area contributed by atoms with Crippen LogP contribution in [0.15, 0.2) is 12.3 Å². The topological polar surface area (TPSA) is 106 Å². The van der Waals surface area contributed by atoms with Gasteiger partial charge in [0.15, 0.2) is 0 Å². The minimum Gasteiger partial charge on any atom is -0.481 e. The number of hydrogen-bond donors (Lipinski definition) is 2. The molecule has 0 spiro atoms. The van der Waals surface area contributed by atoms with E-state index >= 15 is 0 Å². The Morgan fingerprint density at radius 3 is 2.77 bits per heavy atom. The molecule has 0 saturated heterocycles. The van der Waals surface area contributed by atoms with Crippen LogP contribution in [-0.4, -0.2) is 27.0 Å². The Hall–Kier alpha value is -1.98. The van der Waals surface area contributed by atoms with Crippen molar-refractivity contribution in [2.45, 2.75) is 6.42 Å². The van der Waals surface area contributed by atoms with Gasteiger partial charge in [0, 0.05) is 6.20 Å². The van der Waals surface area contributed by atoms with Crippen LogP contribution in [0.1, 0.15) is 16.3 Å². The van der Waals surface area contributed by atoms with Crippen LogP contribution in [0.4, 0.5) is 0 Å². The minimum absolute atomic E-state index is 0.168. The molecule has 0 atom stereocenters. The van der Waals surface area contributed by atoms with Gasteiger partial charge in [0.05, 0.1) is 12.1 Å². The highest BCUT2D eigenvalue weighted by Gasteiger charge is 2.06. The first-order valence-corrected chi connectivity index (χ1v) is 3.43. The number of carboxylic acids is 1. The van der Waals surface area contributed by atoms with Crippen LogP contribution in [-0.2, 0) is 11.2 Å². The number of rotatable bonds is 3. The van der Waals surface area contributed by atoms with Gasteiger partial charge in [-0.2, -0.15) is 0 Å². The molecule has 0 aliphatic rings. The van der Waals surface area contributed by atoms with Crippen LogP contribution in [0, 0.1) is 0 Å². The maximum Gasteiger partial charge on any atom is 0.309 e. The van der Waals surface area contributed by atoms with Gasteiger partial charge < -0.3 is 10.8 Å². The van der Waals surface area contributed by atoms with Crippen molar-refractivity contribution in [3.63, 3.8) is 0 Å². The number of carboxylic acid groups (broad SMARTS) is 1. The maximum absolute atomic E-state index is 10.6. The van der Waals surface area contributed by atoms with Gasteiger partial charge in [0.2, 0.25) is 5.82 Å². The third-order valence-electron chi connectivity index (χ3n) is 1.27. The monoisotopic (exact) mass is 181 g/mol. The Bertz CT molecular complexity index is 351. The van der Waals surface area contributed by atoms with Gasteiger partial charge in [0.1, 0.15) is 0 Å². The fraction of sp³-hybridized carbons (Fsp3) is 0.143. The van der Waals surface area contributed by atoms with Crippen molar-refractivity contribution in [1.29, 1.82) is 0 Å². The lowest BCUT2D eigenvalue weighted by atomic mass is 10.3. The SMILES string of the molecule is NC(=O)c1nccc(CC(=O)O)n1. The van der Waals surface area contributed by atoms with Gasteiger partial charge >= 0.3 is 5.97 Å². The number of primary amides is 1. The molecule has 1 aromatic rings. The number of hydrogen-bond acceptors (Lipinski definition) is 4. The number of nitrogens with two attached hydrogens (primary N) is 1. The summed E-state index contributed by atoms with van der Waals surface area (Å²) in [6.07, 6.45) is 1.05. The molecule has 0 aromatic carbocycles. The summed E-state index contributed by atoms with van der Waals surface area (Å²) >= 11 is 0. The summed E-state index contributed by atoms with van der Waals surface area (Å²) in [4.78, 5) is 28.1. The van der Waals surface area contributed by atoms with Gasteiger partial charge in [-0.1, -0.05) is 0 Å². The number of nitrogens with zero attached hydrogens (tertiary/aromatic N) is 2. The van der Waals surface area contributed by atoms with Crippen LogP contribution in [0.5, 0.6) is 0 Å². The third-order valence-corrected chi connectivity index (χ3v) is 1.27. The quantitative estimate of drug-likeness (QED) is 0.635. The Morgan fingerprint density at radius 2 is 2.23 bits per heavy atom. The van der Waals surface area contributed by atoms with Crippen molar-refractivity contribution in [3.05, 3.63) is 23.8 Å². The molecule has 0 aliphatic carbocycles. The minimum atomic E-state index is -1.02. The van der Waals surface area contributed by atoms with Crippen LogP contribution in [0.3, 0.4) is 0 Å². The fourth-order valence-electron chi connectivity index (χ4n) is 0.768. The molecule has 1 rings (SSSR count). The van der Waals surface area contributed by atoms with Crippen LogP contribution >= 0.6 is 0 Å². The molecule has 3 N–H and O–H groups in total. The average molecular weight is 181 g/mol. The summed E-state index contributed by atoms with van der Waals surface area (Å²) in [7, 11) is 0. The Kier molecular flexibility index (Phi) is 2.53. The molecule has 6 heteroatoms. The number of aliphatic carboxylic acids is 1. The summed E-state index contributed by atoms with van der Waals surface area (Å²) in [6, 6.07) is 1.42. The van der Waals surface area contributed by atoms with E-state index in [0.29, 0.717) is 0 Å². The van der Waals surface area contributed by atoms with E-state index in [-0.39, 0.29) is 17.9 Å². The molecule has 0 radical (unpaired) electrons. The fourth-order valence-corrected chi connectivity index (χ4v) is 0.768. The number of aromatic nitrogens is 2. The summed E-state index contributed by atoms with van der Waals surface area (Å²) < 4.78 is 0. The average Bonchev–Trinajstić information content (AvgIpc) is 2.03. The number of carbonyl (C=O) groups is 2. The zero-order valence-corrected chi connectivity index (χ0v) is 6.60. The molecule has 0 aliphatic heterocycles. The summed E-state index contributed by atoms with van der Waals surface area (Å²) in [5.41, 5.74) is 5.16. The molecule has 0 unspecified atom stereocenters. The standard InChI is InChI=1S/C7H7N3O3/c8-6(13)7-9-2-1-4(10-7)3-5(11)12/h1-2H,3H2,(H2,8,13)(H,11,12). The van der Waals surface area contributed by atoms with Crippen LogP contribution in [0.25, 0.3) is 0 Å². The van der Waals surface area contributed by atoms with Crippen molar-refractivity contribution in [1.82, 2.24) is 9.97 Å². The smallest absolute Gasteiger partial charge is 0.309 e. The predicted molar refractivity (Wildman–Crippen MR) is 41.9 cm³/mol. The second kappa shape index (κ2) is 3.61. The first kappa shape index (κ1) is 9.11. The third kappa shape index (κ3) is 2.51. The van der Waals surface area contributed by atoms with Crippen molar-refractivity contribution in [2.75, 3.05) is 0 Å². The van der Waals surface area contributed by atoms with Crippen molar-refractivity contribution < 1.29 is 14.7 Å². The van der Waals surface area contributed by atoms with E-state index in [0.717, 1.165) is 0 Å². The van der Waals surface area contributed by atoms with Gasteiger partial charge in [-0.15, -0.1) is 0 Å². The van der Waals surface area contributed by atoms with Crippen molar-refractivity contribution in [2.24, 2.45) is 5.73 Å². The highest BCUT2D eigenvalue weighted by atomic mass is 16.4. The Balaban J connectivity index is 2.91. The number of carbonyl (C=O) groups excluding carboxylic acids is 1. The Labute approximate surface area is 73.4 Å². The summed E-state index contributed by atoms with van der Waals surface area (Å²) in [5, 5.41) is 8.42. The lowest BCUT2D eigenvalue weighted by molar-refractivity contribution is -0.136. The van der Waals surface area contributed by atoms with Gasteiger partial charge in [-0.3, -0.25) is 9.59 Å². The molecule has 0 fully saturated rings. The normalized spacial score (nSPS) is 9.54. The van der Waals surface area contributed by atoms with E-state index < -0.39 is 11.9 Å². The highest BCUT2D eigenvalue weighted by molar-refractivity contribution is 5.88. The summed E-state index contributed by atoms with van der Waals surface area (Å²) in [6.45, 7) is 0. The van der Waals surface area contributed by atoms with Crippen LogP contribution < -0.4 is 5.73 Å². The van der Waals surface area contributed by atoms with E-state index in [2.05, 4.69) is 9.97 Å². The van der Waals surface area contributed by atoms with E-state index in [1.807, 2.05) is 0 Å². The molecule has 1 amide bonds. The predicted octanol–water partition coefficient (Wildman–Crippen LogP) is -0.797. The first-order valence-electron chi connectivity index (χ1n) is 3.43. The van der Waals surface area contributed by atoms with E-state index in [4.69, 9.17) is 10.8 Å². The van der Waals surface area contributed by atoms with Gasteiger partial charge in [-0.25, -0.2) is 9.97 Å². The maximum atomic E-state index is 10.6. The molecule has 6 nitrogen and oxygen atoms in total. The molecular weight excluding hydrogens is 174 g/mol. The second-order valence-electron chi connectivity index (χ2n) is 2.31. The van der Waals surface area contributed by atoms with Crippen LogP contribution in [0.2, 0.25) is 0 Å². The number of amides is 1. The molecule has 1 heterocycles. The van der Waals surface area contributed by atoms with E-state index in [1.54, 1.807) is 0 Å². The van der Waals surface area contributed by atoms with E-state index in [1.165, 1.54) is 12.3 Å². The van der Waals surface area contributed by atoms with Crippen molar-refractivity contribution >= 4 is 11.9 Å². The molecule has 68 valence electrons. The molecule has 13 heavy (non-hydrogen) atoms. The highest BCUT2D eigenvalue weighted by Crippen LogP contribution is 1.96. The zero-order chi connectivity index (χ0) is 9.84. The molecule has 0 bridgehead atoms. The Morgan fingerprint density at radius 1 is 1.54 bits per heavy atom. The van der Waals surface area contributed by atoms with Crippen molar-refractivity contribution in [3.8, 4) is 0 Å².